The number of hydrogen-bond donors (Lipinski definition) is 3. The van der Waals surface area contributed by atoms with Crippen LogP contribution in [0.1, 0.15) is 30.5 Å². The molecule has 0 bridgehead atoms. The summed E-state index contributed by atoms with van der Waals surface area (Å²) in [4.78, 5) is 35.3. The van der Waals surface area contributed by atoms with E-state index in [9.17, 15) is 14.4 Å². The zero-order valence-corrected chi connectivity index (χ0v) is 16.0. The monoisotopic (exact) mass is 396 g/mol. The van der Waals surface area contributed by atoms with Gasteiger partial charge in [0, 0.05) is 18.7 Å². The summed E-state index contributed by atoms with van der Waals surface area (Å²) in [6.07, 6.45) is 6.05. The number of urea groups is 1. The van der Waals surface area contributed by atoms with E-state index in [1.54, 1.807) is 6.20 Å². The molecular weight excluding hydrogens is 372 g/mol. The standard InChI is InChI=1S/C20H24N6O3/c27-18(21-16-8-4-7-14(16)9-13-5-2-1-3-6-13)12-26-11-15(24-25-26)10-17-19(28)23-20(29)22-17/h1-3,5-6,11,14,16-17H,4,7-10,12H2,(H,21,27)(H2,22,23,28,29). The number of imide groups is 1. The molecule has 2 aliphatic rings. The Hall–Kier alpha value is -3.23. The zero-order chi connectivity index (χ0) is 20.2. The molecule has 1 aromatic heterocycles. The minimum Gasteiger partial charge on any atom is -0.351 e. The van der Waals surface area contributed by atoms with Crippen molar-refractivity contribution in [3.8, 4) is 0 Å². The average molecular weight is 396 g/mol. The van der Waals surface area contributed by atoms with Crippen molar-refractivity contribution < 1.29 is 14.4 Å². The first-order valence-corrected chi connectivity index (χ1v) is 9.90. The Balaban J connectivity index is 1.29. The van der Waals surface area contributed by atoms with Gasteiger partial charge in [-0.3, -0.25) is 14.9 Å². The van der Waals surface area contributed by atoms with Crippen LogP contribution in [0.25, 0.3) is 0 Å². The molecule has 4 rings (SSSR count). The Kier molecular flexibility index (Phi) is 5.55. The minimum atomic E-state index is -0.654. The van der Waals surface area contributed by atoms with Gasteiger partial charge in [0.15, 0.2) is 0 Å². The molecule has 1 saturated carbocycles. The van der Waals surface area contributed by atoms with Crippen LogP contribution in [0.15, 0.2) is 36.5 Å². The molecule has 0 radical (unpaired) electrons. The molecule has 152 valence electrons. The third-order valence-electron chi connectivity index (χ3n) is 5.51. The first-order chi connectivity index (χ1) is 14.1. The molecule has 1 saturated heterocycles. The number of carbonyl (C=O) groups excluding carboxylic acids is 3. The Labute approximate surface area is 168 Å². The Morgan fingerprint density at radius 1 is 1.17 bits per heavy atom. The van der Waals surface area contributed by atoms with Crippen molar-refractivity contribution in [3.63, 3.8) is 0 Å². The smallest absolute Gasteiger partial charge is 0.322 e. The predicted octanol–water partition coefficient (Wildman–Crippen LogP) is 0.556. The van der Waals surface area contributed by atoms with E-state index < -0.39 is 12.1 Å². The summed E-state index contributed by atoms with van der Waals surface area (Å²) >= 11 is 0. The zero-order valence-electron chi connectivity index (χ0n) is 16.0. The van der Waals surface area contributed by atoms with Gasteiger partial charge < -0.3 is 10.6 Å². The molecule has 1 aliphatic heterocycles. The van der Waals surface area contributed by atoms with Crippen LogP contribution in [0.2, 0.25) is 0 Å². The molecule has 1 aliphatic carbocycles. The van der Waals surface area contributed by atoms with Crippen LogP contribution in [0.5, 0.6) is 0 Å². The highest BCUT2D eigenvalue weighted by atomic mass is 16.2. The van der Waals surface area contributed by atoms with Crippen LogP contribution >= 0.6 is 0 Å². The lowest BCUT2D eigenvalue weighted by Gasteiger charge is -2.21. The van der Waals surface area contributed by atoms with Crippen LogP contribution in [0.3, 0.4) is 0 Å². The number of aromatic nitrogens is 3. The molecule has 3 atom stereocenters. The largest absolute Gasteiger partial charge is 0.351 e. The first-order valence-electron chi connectivity index (χ1n) is 9.90. The van der Waals surface area contributed by atoms with E-state index >= 15 is 0 Å². The highest BCUT2D eigenvalue weighted by Crippen LogP contribution is 2.28. The van der Waals surface area contributed by atoms with Crippen LogP contribution in [0.4, 0.5) is 4.79 Å². The fraction of sp³-hybridized carbons (Fsp3) is 0.450. The third-order valence-corrected chi connectivity index (χ3v) is 5.51. The van der Waals surface area contributed by atoms with Gasteiger partial charge in [0.1, 0.15) is 12.6 Å². The molecule has 3 N–H and O–H groups in total. The summed E-state index contributed by atoms with van der Waals surface area (Å²) in [7, 11) is 0. The number of rotatable bonds is 7. The van der Waals surface area contributed by atoms with Crippen molar-refractivity contribution in [3.05, 3.63) is 47.8 Å². The van der Waals surface area contributed by atoms with Crippen LogP contribution < -0.4 is 16.0 Å². The summed E-state index contributed by atoms with van der Waals surface area (Å²) < 4.78 is 1.46. The summed E-state index contributed by atoms with van der Waals surface area (Å²) in [5, 5.41) is 15.8. The molecule has 2 fully saturated rings. The minimum absolute atomic E-state index is 0.0742. The molecule has 3 unspecified atom stereocenters. The second-order valence-corrected chi connectivity index (χ2v) is 7.68. The van der Waals surface area contributed by atoms with Crippen LogP contribution in [-0.2, 0) is 29.0 Å². The quantitative estimate of drug-likeness (QED) is 0.591. The second kappa shape index (κ2) is 8.42. The maximum absolute atomic E-state index is 12.5. The maximum Gasteiger partial charge on any atom is 0.322 e. The van der Waals surface area contributed by atoms with E-state index in [0.717, 1.165) is 25.7 Å². The van der Waals surface area contributed by atoms with Crippen molar-refractivity contribution in [2.75, 3.05) is 0 Å². The molecule has 1 aromatic carbocycles. The summed E-state index contributed by atoms with van der Waals surface area (Å²) in [6, 6.07) is 9.36. The van der Waals surface area contributed by atoms with Crippen molar-refractivity contribution >= 4 is 17.8 Å². The number of carbonyl (C=O) groups is 3. The molecule has 2 heterocycles. The average Bonchev–Trinajstić information content (AvgIpc) is 3.39. The van der Waals surface area contributed by atoms with E-state index in [4.69, 9.17) is 0 Å². The fourth-order valence-electron chi connectivity index (χ4n) is 4.11. The van der Waals surface area contributed by atoms with E-state index in [2.05, 4.69) is 38.4 Å². The van der Waals surface area contributed by atoms with Gasteiger partial charge in [-0.05, 0) is 30.7 Å². The molecule has 2 aromatic rings. The lowest BCUT2D eigenvalue weighted by atomic mass is 9.94. The fourth-order valence-corrected chi connectivity index (χ4v) is 4.11. The van der Waals surface area contributed by atoms with Gasteiger partial charge in [0.25, 0.3) is 5.91 Å². The maximum atomic E-state index is 12.5. The van der Waals surface area contributed by atoms with Gasteiger partial charge in [-0.2, -0.15) is 0 Å². The van der Waals surface area contributed by atoms with Gasteiger partial charge in [-0.15, -0.1) is 5.10 Å². The number of hydrogen-bond acceptors (Lipinski definition) is 5. The summed E-state index contributed by atoms with van der Waals surface area (Å²) in [6.45, 7) is 0.0742. The lowest BCUT2D eigenvalue weighted by molar-refractivity contribution is -0.123. The van der Waals surface area contributed by atoms with Crippen LogP contribution in [-0.4, -0.2) is 44.9 Å². The van der Waals surface area contributed by atoms with E-state index in [-0.39, 0.29) is 30.8 Å². The van der Waals surface area contributed by atoms with E-state index in [1.165, 1.54) is 10.2 Å². The highest BCUT2D eigenvalue weighted by Gasteiger charge is 2.31. The molecule has 9 heteroatoms. The Morgan fingerprint density at radius 2 is 2.00 bits per heavy atom. The van der Waals surface area contributed by atoms with Gasteiger partial charge in [0.2, 0.25) is 5.91 Å². The number of nitrogens with zero attached hydrogens (tertiary/aromatic N) is 3. The predicted molar refractivity (Wildman–Crippen MR) is 104 cm³/mol. The second-order valence-electron chi connectivity index (χ2n) is 7.68. The first kappa shape index (κ1) is 19.1. The Morgan fingerprint density at radius 3 is 2.76 bits per heavy atom. The third kappa shape index (κ3) is 4.79. The van der Waals surface area contributed by atoms with Crippen LogP contribution in [0, 0.1) is 5.92 Å². The Bertz CT molecular complexity index is 897. The summed E-state index contributed by atoms with van der Waals surface area (Å²) in [5.41, 5.74) is 1.84. The van der Waals surface area contributed by atoms with E-state index in [0.29, 0.717) is 11.6 Å². The van der Waals surface area contributed by atoms with Gasteiger partial charge in [-0.25, -0.2) is 9.48 Å². The molecule has 4 amide bonds. The topological polar surface area (TPSA) is 118 Å². The molecule has 9 nitrogen and oxygen atoms in total. The number of amides is 4. The van der Waals surface area contributed by atoms with E-state index in [1.807, 2.05) is 18.2 Å². The lowest BCUT2D eigenvalue weighted by Crippen LogP contribution is -2.39. The van der Waals surface area contributed by atoms with Crippen molar-refractivity contribution in [2.24, 2.45) is 5.92 Å². The van der Waals surface area contributed by atoms with Crippen molar-refractivity contribution in [1.29, 1.82) is 0 Å². The van der Waals surface area contributed by atoms with Gasteiger partial charge >= 0.3 is 6.03 Å². The highest BCUT2D eigenvalue weighted by molar-refractivity contribution is 6.04. The molecule has 0 spiro atoms. The number of nitrogens with one attached hydrogen (secondary N) is 3. The molecular formula is C20H24N6O3. The normalized spacial score (nSPS) is 23.7. The summed E-state index contributed by atoms with van der Waals surface area (Å²) in [5.74, 6) is -0.0385. The van der Waals surface area contributed by atoms with Gasteiger partial charge in [0.05, 0.1) is 5.69 Å². The SMILES string of the molecule is O=C(Cn1cc(CC2NC(=O)NC2=O)nn1)NC1CCCC1Cc1ccccc1. The van der Waals surface area contributed by atoms with Crippen molar-refractivity contribution in [2.45, 2.75) is 50.7 Å². The number of benzene rings is 1. The molecule has 29 heavy (non-hydrogen) atoms. The van der Waals surface area contributed by atoms with Crippen molar-refractivity contribution in [1.82, 2.24) is 30.9 Å². The van der Waals surface area contributed by atoms with Gasteiger partial charge in [-0.1, -0.05) is 42.0 Å².